The summed E-state index contributed by atoms with van der Waals surface area (Å²) < 4.78 is 1.40. The van der Waals surface area contributed by atoms with Crippen LogP contribution in [0, 0.1) is 6.92 Å². The molecule has 0 aliphatic heterocycles. The Bertz CT molecular complexity index is 516. The van der Waals surface area contributed by atoms with Gasteiger partial charge < -0.3 is 5.11 Å². The van der Waals surface area contributed by atoms with Crippen LogP contribution in [0.25, 0.3) is 5.65 Å². The summed E-state index contributed by atoms with van der Waals surface area (Å²) in [7, 11) is 0. The lowest BCUT2D eigenvalue weighted by atomic mass is 10.3. The van der Waals surface area contributed by atoms with E-state index in [2.05, 4.69) is 4.98 Å². The van der Waals surface area contributed by atoms with Crippen LogP contribution in [-0.4, -0.2) is 14.5 Å². The molecule has 0 saturated carbocycles. The van der Waals surface area contributed by atoms with Crippen LogP contribution in [0.4, 0.5) is 0 Å². The Balaban J connectivity index is 3.03. The van der Waals surface area contributed by atoms with E-state index in [1.165, 1.54) is 4.40 Å². The van der Waals surface area contributed by atoms with Crippen LogP contribution < -0.4 is 5.56 Å². The van der Waals surface area contributed by atoms with Crippen LogP contribution in [0.15, 0.2) is 29.2 Å². The fourth-order valence-electron chi connectivity index (χ4n) is 1.25. The first-order valence-electron chi connectivity index (χ1n) is 3.86. The highest BCUT2D eigenvalue weighted by molar-refractivity contribution is 5.47. The first-order valence-corrected chi connectivity index (χ1v) is 3.86. The van der Waals surface area contributed by atoms with Crippen LogP contribution in [-0.2, 0) is 0 Å². The zero-order valence-corrected chi connectivity index (χ0v) is 7.06. The lowest BCUT2D eigenvalue weighted by Crippen LogP contribution is -2.13. The molecule has 0 spiro atoms. The minimum atomic E-state index is -0.272. The van der Waals surface area contributed by atoms with Gasteiger partial charge in [-0.3, -0.25) is 9.20 Å². The second-order valence-electron chi connectivity index (χ2n) is 2.84. The Morgan fingerprint density at radius 2 is 2.31 bits per heavy atom. The third kappa shape index (κ3) is 1.16. The second-order valence-corrected chi connectivity index (χ2v) is 2.84. The Kier molecular flexibility index (Phi) is 1.55. The van der Waals surface area contributed by atoms with Gasteiger partial charge in [-0.25, -0.2) is 0 Å². The summed E-state index contributed by atoms with van der Waals surface area (Å²) in [5.74, 6) is -0.237. The number of rotatable bonds is 0. The van der Waals surface area contributed by atoms with Crippen LogP contribution in [0.3, 0.4) is 0 Å². The van der Waals surface area contributed by atoms with Crippen molar-refractivity contribution in [3.63, 3.8) is 0 Å². The number of pyridine rings is 1. The highest BCUT2D eigenvalue weighted by Crippen LogP contribution is 2.07. The van der Waals surface area contributed by atoms with Crippen molar-refractivity contribution in [1.29, 1.82) is 0 Å². The highest BCUT2D eigenvalue weighted by atomic mass is 16.3. The van der Waals surface area contributed by atoms with Gasteiger partial charge in [-0.15, -0.1) is 0 Å². The Hall–Kier alpha value is -1.84. The Morgan fingerprint density at radius 1 is 1.54 bits per heavy atom. The van der Waals surface area contributed by atoms with E-state index in [1.54, 1.807) is 12.3 Å². The zero-order valence-electron chi connectivity index (χ0n) is 7.06. The molecule has 13 heavy (non-hydrogen) atoms. The molecular weight excluding hydrogens is 168 g/mol. The minimum absolute atomic E-state index is 0.237. The van der Waals surface area contributed by atoms with Gasteiger partial charge >= 0.3 is 0 Å². The van der Waals surface area contributed by atoms with Crippen LogP contribution >= 0.6 is 0 Å². The summed E-state index contributed by atoms with van der Waals surface area (Å²) in [6.07, 6.45) is 1.62. The van der Waals surface area contributed by atoms with Crippen molar-refractivity contribution in [3.05, 3.63) is 40.3 Å². The van der Waals surface area contributed by atoms with Crippen molar-refractivity contribution in [2.75, 3.05) is 0 Å². The summed E-state index contributed by atoms with van der Waals surface area (Å²) in [5.41, 5.74) is 1.08. The van der Waals surface area contributed by atoms with Gasteiger partial charge in [-0.05, 0) is 18.6 Å². The molecule has 4 heteroatoms. The highest BCUT2D eigenvalue weighted by Gasteiger charge is 2.01. The van der Waals surface area contributed by atoms with E-state index in [4.69, 9.17) is 5.11 Å². The van der Waals surface area contributed by atoms with Gasteiger partial charge in [0.15, 0.2) is 0 Å². The third-order valence-corrected chi connectivity index (χ3v) is 1.87. The molecule has 2 rings (SSSR count). The molecule has 0 unspecified atom stereocenters. The molecule has 66 valence electrons. The molecular formula is C9H8N2O2. The normalized spacial score (nSPS) is 10.5. The molecule has 1 N–H and O–H groups in total. The van der Waals surface area contributed by atoms with E-state index in [-0.39, 0.29) is 11.4 Å². The number of aromatic hydroxyl groups is 1. The molecule has 0 bridgehead atoms. The summed E-state index contributed by atoms with van der Waals surface area (Å²) in [6, 6.07) is 4.69. The van der Waals surface area contributed by atoms with Crippen molar-refractivity contribution in [2.45, 2.75) is 6.92 Å². The molecule has 0 saturated heterocycles. The van der Waals surface area contributed by atoms with E-state index in [9.17, 15) is 4.79 Å². The van der Waals surface area contributed by atoms with E-state index >= 15 is 0 Å². The number of aryl methyl sites for hydroxylation is 1. The maximum absolute atomic E-state index is 11.3. The third-order valence-electron chi connectivity index (χ3n) is 1.87. The van der Waals surface area contributed by atoms with Crippen LogP contribution in [0.1, 0.15) is 5.56 Å². The van der Waals surface area contributed by atoms with Crippen molar-refractivity contribution >= 4 is 5.65 Å². The molecule has 0 aliphatic carbocycles. The zero-order chi connectivity index (χ0) is 9.42. The average molecular weight is 176 g/mol. The van der Waals surface area contributed by atoms with Crippen LogP contribution in [0.5, 0.6) is 5.88 Å². The molecule has 4 nitrogen and oxygen atoms in total. The van der Waals surface area contributed by atoms with E-state index < -0.39 is 0 Å². The minimum Gasteiger partial charge on any atom is -0.493 e. The summed E-state index contributed by atoms with van der Waals surface area (Å²) >= 11 is 0. The summed E-state index contributed by atoms with van der Waals surface area (Å²) in [5, 5.41) is 9.11. The molecule has 2 aromatic heterocycles. The largest absolute Gasteiger partial charge is 0.493 e. The van der Waals surface area contributed by atoms with E-state index in [1.807, 2.05) is 13.0 Å². The monoisotopic (exact) mass is 176 g/mol. The first-order chi connectivity index (χ1) is 6.18. The van der Waals surface area contributed by atoms with Crippen molar-refractivity contribution in [3.8, 4) is 5.88 Å². The summed E-state index contributed by atoms with van der Waals surface area (Å²) in [4.78, 5) is 15.2. The smallest absolute Gasteiger partial charge is 0.261 e. The molecule has 0 aliphatic rings. The van der Waals surface area contributed by atoms with Gasteiger partial charge in [0.05, 0.1) is 6.07 Å². The number of hydrogen-bond donors (Lipinski definition) is 1. The Morgan fingerprint density at radius 3 is 3.08 bits per heavy atom. The molecule has 0 amide bonds. The van der Waals surface area contributed by atoms with Gasteiger partial charge in [-0.1, -0.05) is 6.07 Å². The maximum Gasteiger partial charge on any atom is 0.261 e. The maximum atomic E-state index is 11.3. The molecule has 2 heterocycles. The predicted octanol–water partition coefficient (Wildman–Crippen LogP) is 0.709. The molecule has 0 aromatic carbocycles. The average Bonchev–Trinajstić information content (AvgIpc) is 2.07. The fourth-order valence-corrected chi connectivity index (χ4v) is 1.25. The molecule has 0 radical (unpaired) electrons. The Labute approximate surface area is 74.1 Å². The van der Waals surface area contributed by atoms with Gasteiger partial charge in [0.2, 0.25) is 5.88 Å². The SMILES string of the molecule is Cc1cccn2c(=O)cc(O)nc12. The van der Waals surface area contributed by atoms with E-state index in [0.29, 0.717) is 5.65 Å². The van der Waals surface area contributed by atoms with Crippen molar-refractivity contribution < 1.29 is 5.11 Å². The number of fused-ring (bicyclic) bond motifs is 1. The number of nitrogens with zero attached hydrogens (tertiary/aromatic N) is 2. The quantitative estimate of drug-likeness (QED) is 0.643. The number of aromatic nitrogens is 2. The topological polar surface area (TPSA) is 54.6 Å². The van der Waals surface area contributed by atoms with Crippen molar-refractivity contribution in [2.24, 2.45) is 0 Å². The van der Waals surface area contributed by atoms with Gasteiger partial charge in [0.25, 0.3) is 5.56 Å². The fraction of sp³-hybridized carbons (Fsp3) is 0.111. The summed E-state index contributed by atoms with van der Waals surface area (Å²) in [6.45, 7) is 1.83. The standard InChI is InChI=1S/C9H8N2O2/c1-6-3-2-4-11-8(13)5-7(12)10-9(6)11/h2-5,12H,1H3. The lowest BCUT2D eigenvalue weighted by molar-refractivity contribution is 0.452. The van der Waals surface area contributed by atoms with Gasteiger partial charge in [0.1, 0.15) is 5.65 Å². The van der Waals surface area contributed by atoms with Gasteiger partial charge in [-0.2, -0.15) is 4.98 Å². The molecule has 0 atom stereocenters. The van der Waals surface area contributed by atoms with Gasteiger partial charge in [0, 0.05) is 6.20 Å². The second kappa shape index (κ2) is 2.58. The predicted molar refractivity (Wildman–Crippen MR) is 47.9 cm³/mol. The lowest BCUT2D eigenvalue weighted by Gasteiger charge is -2.01. The van der Waals surface area contributed by atoms with Crippen LogP contribution in [0.2, 0.25) is 0 Å². The number of hydrogen-bond acceptors (Lipinski definition) is 3. The molecule has 0 fully saturated rings. The molecule has 2 aromatic rings. The van der Waals surface area contributed by atoms with Crippen molar-refractivity contribution in [1.82, 2.24) is 9.38 Å². The van der Waals surface area contributed by atoms with E-state index in [0.717, 1.165) is 11.6 Å². The first kappa shape index (κ1) is 7.79.